The van der Waals surface area contributed by atoms with E-state index in [0.717, 1.165) is 24.8 Å². The first-order chi connectivity index (χ1) is 9.76. The molecule has 0 aliphatic rings. The summed E-state index contributed by atoms with van der Waals surface area (Å²) in [5, 5.41) is 0. The van der Waals surface area contributed by atoms with Crippen LogP contribution in [0.1, 0.15) is 90.9 Å². The fourth-order valence-corrected chi connectivity index (χ4v) is 2.36. The molecule has 0 aromatic carbocycles. The van der Waals surface area contributed by atoms with Crippen LogP contribution in [0.4, 0.5) is 0 Å². The molecule has 20 heavy (non-hydrogen) atoms. The van der Waals surface area contributed by atoms with E-state index in [1.165, 1.54) is 64.9 Å². The molecule has 0 fully saturated rings. The average molecular weight is 282 g/mol. The van der Waals surface area contributed by atoms with Crippen LogP contribution >= 0.6 is 0 Å². The first-order valence-electron chi connectivity index (χ1n) is 8.53. The van der Waals surface area contributed by atoms with Gasteiger partial charge in [-0.15, -0.1) is 0 Å². The third kappa shape index (κ3) is 11.1. The summed E-state index contributed by atoms with van der Waals surface area (Å²) in [7, 11) is 1.48. The Morgan fingerprint density at radius 1 is 0.850 bits per heavy atom. The van der Waals surface area contributed by atoms with E-state index in [2.05, 4.69) is 19.9 Å². The minimum absolute atomic E-state index is 0.131. The predicted molar refractivity (Wildman–Crippen MR) is 86.9 cm³/mol. The number of hydrogen-bond donors (Lipinski definition) is 0. The second-order valence-electron chi connectivity index (χ2n) is 5.59. The van der Waals surface area contributed by atoms with E-state index in [1.807, 2.05) is 0 Å². The molecular weight excluding hydrogens is 248 g/mol. The number of esters is 1. The molecule has 0 heterocycles. The van der Waals surface area contributed by atoms with E-state index in [-0.39, 0.29) is 5.97 Å². The number of methoxy groups -OCH3 is 1. The summed E-state index contributed by atoms with van der Waals surface area (Å²) in [6.45, 7) is 4.45. The smallest absolute Gasteiger partial charge is 0.333 e. The van der Waals surface area contributed by atoms with Crippen LogP contribution in [0.2, 0.25) is 0 Å². The van der Waals surface area contributed by atoms with Crippen LogP contribution in [0.25, 0.3) is 0 Å². The van der Waals surface area contributed by atoms with Gasteiger partial charge in [-0.1, -0.05) is 71.3 Å². The molecule has 0 saturated carbocycles. The molecule has 0 aliphatic carbocycles. The van der Waals surface area contributed by atoms with Gasteiger partial charge in [0.1, 0.15) is 0 Å². The molecule has 0 aliphatic heterocycles. The molecule has 0 bridgehead atoms. The normalized spacial score (nSPS) is 11.7. The van der Waals surface area contributed by atoms with Crippen LogP contribution < -0.4 is 0 Å². The zero-order valence-electron chi connectivity index (χ0n) is 13.9. The quantitative estimate of drug-likeness (QED) is 0.242. The average Bonchev–Trinajstić information content (AvgIpc) is 2.47. The van der Waals surface area contributed by atoms with E-state index in [4.69, 9.17) is 4.74 Å². The predicted octanol–water partition coefficient (Wildman–Crippen LogP) is 5.81. The van der Waals surface area contributed by atoms with Crippen LogP contribution in [0.3, 0.4) is 0 Å². The first kappa shape index (κ1) is 19.2. The number of carbonyl (C=O) groups excluding carboxylic acids is 1. The lowest BCUT2D eigenvalue weighted by Gasteiger charge is -2.06. The van der Waals surface area contributed by atoms with Crippen LogP contribution in [-0.4, -0.2) is 13.1 Å². The first-order valence-corrected chi connectivity index (χ1v) is 8.53. The monoisotopic (exact) mass is 282 g/mol. The maximum absolute atomic E-state index is 11.7. The zero-order valence-corrected chi connectivity index (χ0v) is 13.9. The number of rotatable bonds is 13. The van der Waals surface area contributed by atoms with Gasteiger partial charge in [0.25, 0.3) is 0 Å². The second kappa shape index (κ2) is 14.6. The molecule has 0 radical (unpaired) electrons. The number of carbonyl (C=O) groups is 1. The Kier molecular flexibility index (Phi) is 14.0. The fourth-order valence-electron chi connectivity index (χ4n) is 2.36. The standard InChI is InChI=1S/C18H34O2/c1-4-6-8-10-12-14-16-17(18(19)20-3)15-13-11-9-7-5-2/h15H,4-14,16H2,1-3H3. The molecule has 118 valence electrons. The Balaban J connectivity index is 3.90. The molecule has 0 spiro atoms. The minimum Gasteiger partial charge on any atom is -0.466 e. The highest BCUT2D eigenvalue weighted by molar-refractivity contribution is 5.88. The Labute approximate surface area is 126 Å². The molecule has 0 amide bonds. The molecule has 2 nitrogen and oxygen atoms in total. The topological polar surface area (TPSA) is 26.3 Å². The van der Waals surface area contributed by atoms with Crippen LogP contribution in [0.15, 0.2) is 11.6 Å². The Morgan fingerprint density at radius 2 is 1.40 bits per heavy atom. The molecule has 0 aromatic heterocycles. The summed E-state index contributed by atoms with van der Waals surface area (Å²) in [4.78, 5) is 11.7. The second-order valence-corrected chi connectivity index (χ2v) is 5.59. The molecule has 0 rings (SSSR count). The molecule has 2 heteroatoms. The van der Waals surface area contributed by atoms with Crippen molar-refractivity contribution in [2.45, 2.75) is 90.9 Å². The Morgan fingerprint density at radius 3 is 2.00 bits per heavy atom. The lowest BCUT2D eigenvalue weighted by atomic mass is 10.0. The van der Waals surface area contributed by atoms with Gasteiger partial charge < -0.3 is 4.74 Å². The Hall–Kier alpha value is -0.790. The third-order valence-corrected chi connectivity index (χ3v) is 3.70. The summed E-state index contributed by atoms with van der Waals surface area (Å²) in [5.41, 5.74) is 0.888. The molecule has 0 aromatic rings. The van der Waals surface area contributed by atoms with E-state index >= 15 is 0 Å². The lowest BCUT2D eigenvalue weighted by Crippen LogP contribution is -2.05. The van der Waals surface area contributed by atoms with E-state index in [0.29, 0.717) is 0 Å². The number of ether oxygens (including phenoxy) is 1. The number of unbranched alkanes of at least 4 members (excludes halogenated alkanes) is 9. The van der Waals surface area contributed by atoms with Crippen molar-refractivity contribution in [1.29, 1.82) is 0 Å². The van der Waals surface area contributed by atoms with Crippen LogP contribution in [-0.2, 0) is 9.53 Å². The van der Waals surface area contributed by atoms with Crippen LogP contribution in [0.5, 0.6) is 0 Å². The highest BCUT2D eigenvalue weighted by Gasteiger charge is 2.08. The van der Waals surface area contributed by atoms with Gasteiger partial charge >= 0.3 is 5.97 Å². The lowest BCUT2D eigenvalue weighted by molar-refractivity contribution is -0.136. The van der Waals surface area contributed by atoms with Gasteiger partial charge in [0.2, 0.25) is 0 Å². The SMILES string of the molecule is CCCCCCC=C(CCCCCCCC)C(=O)OC. The van der Waals surface area contributed by atoms with E-state index in [1.54, 1.807) is 0 Å². The summed E-state index contributed by atoms with van der Waals surface area (Å²) in [6.07, 6.45) is 16.6. The van der Waals surface area contributed by atoms with Gasteiger partial charge in [-0.05, 0) is 25.7 Å². The summed E-state index contributed by atoms with van der Waals surface area (Å²) in [6, 6.07) is 0. The van der Waals surface area contributed by atoms with Crippen molar-refractivity contribution in [2.24, 2.45) is 0 Å². The molecule has 0 N–H and O–H groups in total. The van der Waals surface area contributed by atoms with E-state index < -0.39 is 0 Å². The molecule has 0 saturated heterocycles. The van der Waals surface area contributed by atoms with Gasteiger partial charge in [0.15, 0.2) is 0 Å². The maximum Gasteiger partial charge on any atom is 0.333 e. The molecular formula is C18H34O2. The van der Waals surface area contributed by atoms with E-state index in [9.17, 15) is 4.79 Å². The minimum atomic E-state index is -0.131. The van der Waals surface area contributed by atoms with Crippen molar-refractivity contribution in [3.63, 3.8) is 0 Å². The highest BCUT2D eigenvalue weighted by Crippen LogP contribution is 2.15. The summed E-state index contributed by atoms with van der Waals surface area (Å²) >= 11 is 0. The number of hydrogen-bond acceptors (Lipinski definition) is 2. The van der Waals surface area contributed by atoms with Crippen molar-refractivity contribution < 1.29 is 9.53 Å². The Bertz CT molecular complexity index is 256. The summed E-state index contributed by atoms with van der Waals surface area (Å²) < 4.78 is 4.88. The van der Waals surface area contributed by atoms with Gasteiger partial charge in [-0.25, -0.2) is 4.79 Å². The molecule has 0 atom stereocenters. The maximum atomic E-state index is 11.7. The van der Waals surface area contributed by atoms with Gasteiger partial charge in [0.05, 0.1) is 7.11 Å². The van der Waals surface area contributed by atoms with Crippen LogP contribution in [0, 0.1) is 0 Å². The van der Waals surface area contributed by atoms with Gasteiger partial charge in [-0.2, -0.15) is 0 Å². The van der Waals surface area contributed by atoms with Crippen molar-refractivity contribution >= 4 is 5.97 Å². The molecule has 0 unspecified atom stereocenters. The van der Waals surface area contributed by atoms with Gasteiger partial charge in [-0.3, -0.25) is 0 Å². The summed E-state index contributed by atoms with van der Waals surface area (Å²) in [5.74, 6) is -0.131. The number of allylic oxidation sites excluding steroid dienone is 1. The largest absolute Gasteiger partial charge is 0.466 e. The van der Waals surface area contributed by atoms with Crippen molar-refractivity contribution in [1.82, 2.24) is 0 Å². The fraction of sp³-hybridized carbons (Fsp3) is 0.833. The van der Waals surface area contributed by atoms with Crippen molar-refractivity contribution in [3.05, 3.63) is 11.6 Å². The highest BCUT2D eigenvalue weighted by atomic mass is 16.5. The third-order valence-electron chi connectivity index (χ3n) is 3.70. The van der Waals surface area contributed by atoms with Crippen molar-refractivity contribution in [3.8, 4) is 0 Å². The zero-order chi connectivity index (χ0) is 15.1. The van der Waals surface area contributed by atoms with Gasteiger partial charge in [0, 0.05) is 5.57 Å². The van der Waals surface area contributed by atoms with Crippen molar-refractivity contribution in [2.75, 3.05) is 7.11 Å².